The lowest BCUT2D eigenvalue weighted by Crippen LogP contribution is -2.32. The van der Waals surface area contributed by atoms with Crippen LogP contribution in [0.5, 0.6) is 0 Å². The van der Waals surface area contributed by atoms with Gasteiger partial charge in [-0.25, -0.2) is 4.39 Å². The summed E-state index contributed by atoms with van der Waals surface area (Å²) in [5, 5.41) is 0. The van der Waals surface area contributed by atoms with Crippen LogP contribution in [0, 0.1) is 17.7 Å². The molecule has 0 radical (unpaired) electrons. The van der Waals surface area contributed by atoms with Crippen molar-refractivity contribution in [1.82, 2.24) is 4.90 Å². The molecule has 0 spiro atoms. The van der Waals surface area contributed by atoms with Gasteiger partial charge in [0.05, 0.1) is 12.1 Å². The molecule has 0 fully saturated rings. The van der Waals surface area contributed by atoms with Crippen LogP contribution in [0.15, 0.2) is 18.2 Å². The van der Waals surface area contributed by atoms with Gasteiger partial charge in [-0.05, 0) is 31.5 Å². The smallest absolute Gasteiger partial charge is 0.255 e. The Labute approximate surface area is 120 Å². The molecule has 1 aromatic carbocycles. The van der Waals surface area contributed by atoms with Crippen LogP contribution in [-0.2, 0) is 0 Å². The van der Waals surface area contributed by atoms with Gasteiger partial charge in [0.1, 0.15) is 5.82 Å². The van der Waals surface area contributed by atoms with Gasteiger partial charge in [0.15, 0.2) is 0 Å². The number of carbonyl (C=O) groups excluding carboxylic acids is 1. The van der Waals surface area contributed by atoms with Gasteiger partial charge in [0.25, 0.3) is 5.91 Å². The van der Waals surface area contributed by atoms with Gasteiger partial charge in [-0.3, -0.25) is 4.79 Å². The van der Waals surface area contributed by atoms with Gasteiger partial charge in [0, 0.05) is 18.7 Å². The molecular weight excluding hydrogens is 255 g/mol. The predicted octanol–water partition coefficient (Wildman–Crippen LogP) is 2.40. The number of unbranched alkanes of at least 4 members (excludes halogenated alkanes) is 1. The second-order valence-electron chi connectivity index (χ2n) is 4.43. The second kappa shape index (κ2) is 8.34. The van der Waals surface area contributed by atoms with Crippen LogP contribution < -0.4 is 5.73 Å². The van der Waals surface area contributed by atoms with Gasteiger partial charge in [-0.1, -0.05) is 25.2 Å². The summed E-state index contributed by atoms with van der Waals surface area (Å²) in [4.78, 5) is 14.2. The Kier molecular flexibility index (Phi) is 6.75. The topological polar surface area (TPSA) is 46.3 Å². The van der Waals surface area contributed by atoms with Crippen LogP contribution in [-0.4, -0.2) is 30.4 Å². The summed E-state index contributed by atoms with van der Waals surface area (Å²) in [5.74, 6) is 4.92. The Morgan fingerprint density at radius 1 is 1.40 bits per heavy atom. The summed E-state index contributed by atoms with van der Waals surface area (Å²) < 4.78 is 13.3. The molecule has 0 saturated heterocycles. The molecule has 0 aliphatic carbocycles. The fourth-order valence-electron chi connectivity index (χ4n) is 1.88. The highest BCUT2D eigenvalue weighted by atomic mass is 19.1. The Morgan fingerprint density at radius 3 is 2.75 bits per heavy atom. The lowest BCUT2D eigenvalue weighted by atomic mass is 10.1. The minimum Gasteiger partial charge on any atom is -0.339 e. The van der Waals surface area contributed by atoms with Gasteiger partial charge in [0.2, 0.25) is 0 Å². The van der Waals surface area contributed by atoms with Crippen molar-refractivity contribution in [3.05, 3.63) is 35.1 Å². The maximum absolute atomic E-state index is 13.3. The Hall–Kier alpha value is -1.86. The number of nitrogens with zero attached hydrogens (tertiary/aromatic N) is 1. The van der Waals surface area contributed by atoms with Crippen molar-refractivity contribution in [2.24, 2.45) is 5.73 Å². The number of rotatable bonds is 5. The summed E-state index contributed by atoms with van der Waals surface area (Å²) in [6.45, 7) is 5.51. The van der Waals surface area contributed by atoms with Crippen LogP contribution in [0.4, 0.5) is 4.39 Å². The fourth-order valence-corrected chi connectivity index (χ4v) is 1.88. The Balaban J connectivity index is 3.07. The van der Waals surface area contributed by atoms with E-state index in [1.54, 1.807) is 4.90 Å². The van der Waals surface area contributed by atoms with Crippen molar-refractivity contribution in [3.8, 4) is 11.8 Å². The van der Waals surface area contributed by atoms with E-state index in [0.29, 0.717) is 24.2 Å². The first-order chi connectivity index (χ1) is 9.63. The highest BCUT2D eigenvalue weighted by Gasteiger charge is 2.17. The number of benzene rings is 1. The molecule has 0 aliphatic rings. The number of carbonyl (C=O) groups is 1. The molecule has 108 valence electrons. The van der Waals surface area contributed by atoms with Crippen molar-refractivity contribution in [2.75, 3.05) is 19.6 Å². The fraction of sp³-hybridized carbons (Fsp3) is 0.438. The van der Waals surface area contributed by atoms with Crippen molar-refractivity contribution in [3.63, 3.8) is 0 Å². The highest BCUT2D eigenvalue weighted by molar-refractivity contribution is 5.96. The average Bonchev–Trinajstić information content (AvgIpc) is 2.45. The third-order valence-electron chi connectivity index (χ3n) is 2.99. The summed E-state index contributed by atoms with van der Waals surface area (Å²) in [6, 6.07) is 4.06. The molecule has 0 saturated carbocycles. The number of amides is 1. The van der Waals surface area contributed by atoms with Crippen molar-refractivity contribution >= 4 is 5.91 Å². The third kappa shape index (κ3) is 4.36. The van der Waals surface area contributed by atoms with E-state index in [4.69, 9.17) is 5.73 Å². The van der Waals surface area contributed by atoms with Gasteiger partial charge in [-0.2, -0.15) is 0 Å². The molecule has 4 heteroatoms. The molecule has 1 amide bonds. The standard InChI is InChI=1S/C16H21FN2O/c1-3-5-11-19(4-2)16(20)15-9-8-14(17)12-13(15)7-6-10-18/h8-9,12H,3-5,10-11,18H2,1-2H3. The van der Waals surface area contributed by atoms with E-state index in [-0.39, 0.29) is 12.5 Å². The van der Waals surface area contributed by atoms with E-state index in [1.165, 1.54) is 18.2 Å². The lowest BCUT2D eigenvalue weighted by Gasteiger charge is -2.21. The molecule has 0 aliphatic heterocycles. The SMILES string of the molecule is CCCCN(CC)C(=O)c1ccc(F)cc1C#CCN. The van der Waals surface area contributed by atoms with E-state index < -0.39 is 5.82 Å². The van der Waals surface area contributed by atoms with Gasteiger partial charge < -0.3 is 10.6 Å². The lowest BCUT2D eigenvalue weighted by molar-refractivity contribution is 0.0762. The van der Waals surface area contributed by atoms with E-state index in [9.17, 15) is 9.18 Å². The molecule has 3 nitrogen and oxygen atoms in total. The summed E-state index contributed by atoms with van der Waals surface area (Å²) in [6.07, 6.45) is 1.97. The summed E-state index contributed by atoms with van der Waals surface area (Å²) in [5.41, 5.74) is 6.16. The molecule has 0 unspecified atom stereocenters. The normalized spacial score (nSPS) is 9.80. The number of nitrogens with two attached hydrogens (primary N) is 1. The number of halogens is 1. The average molecular weight is 276 g/mol. The largest absolute Gasteiger partial charge is 0.339 e. The maximum atomic E-state index is 13.3. The monoisotopic (exact) mass is 276 g/mol. The van der Waals surface area contributed by atoms with E-state index >= 15 is 0 Å². The molecular formula is C16H21FN2O. The molecule has 0 heterocycles. The summed E-state index contributed by atoms with van der Waals surface area (Å²) >= 11 is 0. The van der Waals surface area contributed by atoms with E-state index in [1.807, 2.05) is 6.92 Å². The molecule has 1 aromatic rings. The minimum absolute atomic E-state index is 0.109. The van der Waals surface area contributed by atoms with Gasteiger partial charge >= 0.3 is 0 Å². The van der Waals surface area contributed by atoms with Gasteiger partial charge in [-0.15, -0.1) is 0 Å². The molecule has 0 atom stereocenters. The van der Waals surface area contributed by atoms with Crippen LogP contribution in [0.2, 0.25) is 0 Å². The number of hydrogen-bond donors (Lipinski definition) is 1. The van der Waals surface area contributed by atoms with Crippen LogP contribution in [0.25, 0.3) is 0 Å². The maximum Gasteiger partial charge on any atom is 0.255 e. The van der Waals surface area contributed by atoms with Crippen LogP contribution in [0.3, 0.4) is 0 Å². The first kappa shape index (κ1) is 16.2. The predicted molar refractivity (Wildman–Crippen MR) is 78.8 cm³/mol. The third-order valence-corrected chi connectivity index (χ3v) is 2.99. The summed E-state index contributed by atoms with van der Waals surface area (Å²) in [7, 11) is 0. The van der Waals surface area contributed by atoms with Crippen LogP contribution in [0.1, 0.15) is 42.6 Å². The molecule has 0 bridgehead atoms. The first-order valence-electron chi connectivity index (χ1n) is 6.91. The molecule has 20 heavy (non-hydrogen) atoms. The zero-order valence-corrected chi connectivity index (χ0v) is 12.1. The van der Waals surface area contributed by atoms with Crippen molar-refractivity contribution in [1.29, 1.82) is 0 Å². The quantitative estimate of drug-likeness (QED) is 0.839. The molecule has 0 aromatic heterocycles. The number of hydrogen-bond acceptors (Lipinski definition) is 2. The molecule has 1 rings (SSSR count). The Morgan fingerprint density at radius 2 is 2.15 bits per heavy atom. The van der Waals surface area contributed by atoms with Crippen molar-refractivity contribution in [2.45, 2.75) is 26.7 Å². The zero-order chi connectivity index (χ0) is 15.0. The highest BCUT2D eigenvalue weighted by Crippen LogP contribution is 2.14. The van der Waals surface area contributed by atoms with E-state index in [2.05, 4.69) is 18.8 Å². The zero-order valence-electron chi connectivity index (χ0n) is 12.1. The van der Waals surface area contributed by atoms with Crippen LogP contribution >= 0.6 is 0 Å². The minimum atomic E-state index is -0.403. The van der Waals surface area contributed by atoms with Crippen molar-refractivity contribution < 1.29 is 9.18 Å². The Bertz CT molecular complexity index is 517. The van der Waals surface area contributed by atoms with E-state index in [0.717, 1.165) is 12.8 Å². The second-order valence-corrected chi connectivity index (χ2v) is 4.43. The first-order valence-corrected chi connectivity index (χ1v) is 6.91. The molecule has 2 N–H and O–H groups in total.